The summed E-state index contributed by atoms with van der Waals surface area (Å²) in [5, 5.41) is 11.9. The molecule has 10 heteroatoms. The topological polar surface area (TPSA) is 64.0 Å². The van der Waals surface area contributed by atoms with Gasteiger partial charge < -0.3 is 15.4 Å². The van der Waals surface area contributed by atoms with Crippen molar-refractivity contribution >= 4 is 23.0 Å². The molecular weight excluding hydrogens is 511 g/mol. The van der Waals surface area contributed by atoms with Crippen LogP contribution in [-0.2, 0) is 0 Å². The normalized spacial score (nSPS) is 16.7. The van der Waals surface area contributed by atoms with Crippen LogP contribution in [0.2, 0.25) is 0 Å². The van der Waals surface area contributed by atoms with E-state index in [0.717, 1.165) is 28.8 Å². The van der Waals surface area contributed by atoms with E-state index in [1.165, 1.54) is 46.4 Å². The third kappa shape index (κ3) is 5.96. The lowest BCUT2D eigenvalue weighted by molar-refractivity contribution is -0.274. The maximum Gasteiger partial charge on any atom is 0.573 e. The summed E-state index contributed by atoms with van der Waals surface area (Å²) in [5.41, 5.74) is 7.23. The molecule has 2 N–H and O–H groups in total. The highest BCUT2D eigenvalue weighted by Gasteiger charge is 2.39. The molecule has 196 valence electrons. The maximum absolute atomic E-state index is 12.4. The molecule has 2 atom stereocenters. The predicted octanol–water partition coefficient (Wildman–Crippen LogP) is 6.60. The first-order valence-electron chi connectivity index (χ1n) is 12.1. The molecule has 0 amide bonds. The Morgan fingerprint density at radius 2 is 1.66 bits per heavy atom. The Bertz CT molecular complexity index is 1440. The number of benzene rings is 3. The monoisotopic (exact) mass is 537 g/mol. The SMILES string of the molecule is Cc1cc(C)c(NC(=S)NC2CC2c2ccc(-c3ncn(-c4ccc(OC(F)(F)F)cc4)n3)cc2)c(C)c1. The highest BCUT2D eigenvalue weighted by Crippen LogP contribution is 2.41. The van der Waals surface area contributed by atoms with Crippen molar-refractivity contribution < 1.29 is 17.9 Å². The second-order valence-corrected chi connectivity index (χ2v) is 9.91. The van der Waals surface area contributed by atoms with Crippen LogP contribution in [0.1, 0.15) is 34.6 Å². The lowest BCUT2D eigenvalue weighted by Gasteiger charge is -2.15. The molecule has 1 aliphatic carbocycles. The number of halogens is 3. The van der Waals surface area contributed by atoms with E-state index in [1.54, 1.807) is 0 Å². The second-order valence-electron chi connectivity index (χ2n) is 9.50. The summed E-state index contributed by atoms with van der Waals surface area (Å²) >= 11 is 5.57. The summed E-state index contributed by atoms with van der Waals surface area (Å²) in [6.45, 7) is 6.24. The van der Waals surface area contributed by atoms with Crippen LogP contribution < -0.4 is 15.4 Å². The van der Waals surface area contributed by atoms with E-state index in [4.69, 9.17) is 12.2 Å². The molecule has 0 spiro atoms. The van der Waals surface area contributed by atoms with E-state index in [0.29, 0.717) is 22.5 Å². The zero-order valence-corrected chi connectivity index (χ0v) is 21.8. The molecule has 0 bridgehead atoms. The number of alkyl halides is 3. The van der Waals surface area contributed by atoms with Gasteiger partial charge in [-0.25, -0.2) is 9.67 Å². The van der Waals surface area contributed by atoms with E-state index >= 15 is 0 Å². The Hall–Kier alpha value is -3.92. The van der Waals surface area contributed by atoms with Crippen molar-refractivity contribution in [1.82, 2.24) is 20.1 Å². The molecular formula is C28H26F3N5OS. The van der Waals surface area contributed by atoms with Gasteiger partial charge in [-0.2, -0.15) is 0 Å². The molecule has 38 heavy (non-hydrogen) atoms. The number of hydrogen-bond acceptors (Lipinski definition) is 4. The summed E-state index contributed by atoms with van der Waals surface area (Å²) in [6, 6.07) is 18.1. The average molecular weight is 538 g/mol. The van der Waals surface area contributed by atoms with Gasteiger partial charge in [-0.05, 0) is 80.4 Å². The van der Waals surface area contributed by atoms with Gasteiger partial charge >= 0.3 is 6.36 Å². The lowest BCUT2D eigenvalue weighted by atomic mass is 10.1. The van der Waals surface area contributed by atoms with Crippen LogP contribution >= 0.6 is 12.2 Å². The number of hydrogen-bond donors (Lipinski definition) is 2. The third-order valence-electron chi connectivity index (χ3n) is 6.45. The van der Waals surface area contributed by atoms with Crippen LogP contribution in [0.15, 0.2) is 67.0 Å². The molecule has 1 heterocycles. The maximum atomic E-state index is 12.4. The quantitative estimate of drug-likeness (QED) is 0.270. The van der Waals surface area contributed by atoms with Crippen LogP contribution in [0, 0.1) is 20.8 Å². The number of rotatable bonds is 6. The van der Waals surface area contributed by atoms with Crippen molar-refractivity contribution in [3.05, 3.63) is 89.2 Å². The highest BCUT2D eigenvalue weighted by molar-refractivity contribution is 7.80. The average Bonchev–Trinajstić information content (AvgIpc) is 3.42. The molecule has 0 saturated heterocycles. The van der Waals surface area contributed by atoms with Crippen LogP contribution in [0.5, 0.6) is 5.75 Å². The van der Waals surface area contributed by atoms with Crippen LogP contribution in [-0.4, -0.2) is 32.3 Å². The van der Waals surface area contributed by atoms with E-state index in [9.17, 15) is 13.2 Å². The van der Waals surface area contributed by atoms with Crippen molar-refractivity contribution in [3.8, 4) is 22.8 Å². The third-order valence-corrected chi connectivity index (χ3v) is 6.67. The standard InChI is InChI=1S/C28H26F3N5OS/c1-16-12-17(2)25(18(3)13-16)34-27(38)33-24-14-23(24)19-4-6-20(7-5-19)26-32-15-36(35-26)21-8-10-22(11-9-21)37-28(29,30)31/h4-13,15,23-24H,14H2,1-3H3,(H2,33,34,38). The summed E-state index contributed by atoms with van der Waals surface area (Å²) < 4.78 is 42.5. The van der Waals surface area contributed by atoms with Gasteiger partial charge in [0, 0.05) is 23.2 Å². The van der Waals surface area contributed by atoms with Gasteiger partial charge in [0.25, 0.3) is 0 Å². The Balaban J connectivity index is 1.18. The minimum Gasteiger partial charge on any atom is -0.406 e. The first kappa shape index (κ1) is 25.7. The smallest absolute Gasteiger partial charge is 0.406 e. The largest absolute Gasteiger partial charge is 0.573 e. The number of nitrogens with one attached hydrogen (secondary N) is 2. The number of thiocarbonyl (C=S) groups is 1. The Morgan fingerprint density at radius 1 is 1.00 bits per heavy atom. The van der Waals surface area contributed by atoms with Gasteiger partial charge in [-0.1, -0.05) is 42.0 Å². The fraction of sp³-hybridized carbons (Fsp3) is 0.250. The van der Waals surface area contributed by atoms with Gasteiger partial charge in [0.05, 0.1) is 5.69 Å². The van der Waals surface area contributed by atoms with Gasteiger partial charge in [0.15, 0.2) is 10.9 Å². The van der Waals surface area contributed by atoms with Crippen LogP contribution in [0.25, 0.3) is 17.1 Å². The molecule has 0 aliphatic heterocycles. The number of aromatic nitrogens is 3. The minimum atomic E-state index is -4.73. The number of nitrogens with zero attached hydrogens (tertiary/aromatic N) is 3. The summed E-state index contributed by atoms with van der Waals surface area (Å²) in [7, 11) is 0. The van der Waals surface area contributed by atoms with Crippen molar-refractivity contribution in [3.63, 3.8) is 0 Å². The zero-order valence-electron chi connectivity index (χ0n) is 21.0. The molecule has 1 aromatic heterocycles. The zero-order chi connectivity index (χ0) is 27.0. The molecule has 1 saturated carbocycles. The van der Waals surface area contributed by atoms with Crippen molar-refractivity contribution in [1.29, 1.82) is 0 Å². The molecule has 3 aromatic carbocycles. The summed E-state index contributed by atoms with van der Waals surface area (Å²) in [6.07, 6.45) is -2.21. The lowest BCUT2D eigenvalue weighted by Crippen LogP contribution is -2.31. The fourth-order valence-corrected chi connectivity index (χ4v) is 4.87. The predicted molar refractivity (Wildman–Crippen MR) is 145 cm³/mol. The Morgan fingerprint density at radius 3 is 2.29 bits per heavy atom. The van der Waals surface area contributed by atoms with Crippen LogP contribution in [0.4, 0.5) is 18.9 Å². The Labute approximate surface area is 223 Å². The first-order valence-corrected chi connectivity index (χ1v) is 12.5. The molecule has 1 fully saturated rings. The summed E-state index contributed by atoms with van der Waals surface area (Å²) in [4.78, 5) is 4.35. The van der Waals surface area contributed by atoms with E-state index in [2.05, 4.69) is 70.5 Å². The minimum absolute atomic E-state index is 0.272. The number of anilines is 1. The Kier molecular flexibility index (Phi) is 6.83. The van der Waals surface area contributed by atoms with Gasteiger partial charge in [-0.3, -0.25) is 0 Å². The second kappa shape index (κ2) is 10.1. The van der Waals surface area contributed by atoms with Gasteiger partial charge in [0.1, 0.15) is 12.1 Å². The number of aryl methyl sites for hydroxylation is 3. The molecule has 2 unspecified atom stereocenters. The molecule has 4 aromatic rings. The van der Waals surface area contributed by atoms with Gasteiger partial charge in [-0.15, -0.1) is 18.3 Å². The van der Waals surface area contributed by atoms with E-state index < -0.39 is 6.36 Å². The van der Waals surface area contributed by atoms with Crippen LogP contribution in [0.3, 0.4) is 0 Å². The number of ether oxygens (including phenoxy) is 1. The van der Waals surface area contributed by atoms with Crippen molar-refractivity contribution in [2.24, 2.45) is 0 Å². The van der Waals surface area contributed by atoms with E-state index in [-0.39, 0.29) is 11.8 Å². The van der Waals surface area contributed by atoms with Crippen molar-refractivity contribution in [2.45, 2.75) is 45.5 Å². The highest BCUT2D eigenvalue weighted by atomic mass is 32.1. The molecule has 0 radical (unpaired) electrons. The summed E-state index contributed by atoms with van der Waals surface area (Å²) in [5.74, 6) is 0.598. The molecule has 1 aliphatic rings. The first-order chi connectivity index (χ1) is 18.1. The van der Waals surface area contributed by atoms with Crippen molar-refractivity contribution in [2.75, 3.05) is 5.32 Å². The molecule has 6 nitrogen and oxygen atoms in total. The molecule has 5 rings (SSSR count). The van der Waals surface area contributed by atoms with E-state index in [1.807, 2.05) is 12.1 Å². The van der Waals surface area contributed by atoms with Gasteiger partial charge in [0.2, 0.25) is 0 Å². The fourth-order valence-electron chi connectivity index (χ4n) is 4.62.